The molecule has 0 unspecified atom stereocenters. The Hall–Kier alpha value is 0.215. The van der Waals surface area contributed by atoms with Gasteiger partial charge in [-0.15, -0.1) is 0 Å². The second kappa shape index (κ2) is 8.18. The highest BCUT2D eigenvalue weighted by Crippen LogP contribution is 2.63. The molecule has 0 bridgehead atoms. The second-order valence-corrected chi connectivity index (χ2v) is 9.84. The molecule has 3 rings (SSSR count). The van der Waals surface area contributed by atoms with E-state index in [2.05, 4.69) is 0 Å². The first kappa shape index (κ1) is 17.6. The second-order valence-electron chi connectivity index (χ2n) is 6.76. The van der Waals surface area contributed by atoms with Crippen molar-refractivity contribution in [2.45, 2.75) is 94.0 Å². The molecule has 0 aromatic carbocycles. The van der Waals surface area contributed by atoms with Crippen LogP contribution in [-0.4, -0.2) is 24.2 Å². The van der Waals surface area contributed by atoms with Crippen molar-refractivity contribution in [1.29, 1.82) is 0 Å². The third-order valence-electron chi connectivity index (χ3n) is 5.24. The molecule has 0 nitrogen and oxygen atoms in total. The molecule has 0 spiro atoms. The lowest BCUT2D eigenvalue weighted by atomic mass is 10.3. The van der Waals surface area contributed by atoms with E-state index in [1.165, 1.54) is 17.0 Å². The first-order valence-corrected chi connectivity index (χ1v) is 10.1. The van der Waals surface area contributed by atoms with Crippen molar-refractivity contribution >= 4 is 15.2 Å². The van der Waals surface area contributed by atoms with Crippen molar-refractivity contribution in [2.75, 3.05) is 0 Å². The molecule has 124 valence electrons. The average molecular weight is 325 g/mol. The maximum Gasteiger partial charge on any atom is 0.673 e. The minimum absolute atomic E-state index is 0.436. The summed E-state index contributed by atoms with van der Waals surface area (Å²) in [6.45, 7) is 0. The fourth-order valence-corrected chi connectivity index (χ4v) is 9.17. The molecular formula is C15H27BF4P-. The molecule has 0 heterocycles. The smallest absolute Gasteiger partial charge is 0.418 e. The lowest BCUT2D eigenvalue weighted by molar-refractivity contribution is 0.368. The van der Waals surface area contributed by atoms with Gasteiger partial charge in [-0.1, -0.05) is 46.4 Å². The molecule has 0 aliphatic heterocycles. The fourth-order valence-electron chi connectivity index (χ4n) is 4.50. The van der Waals surface area contributed by atoms with E-state index in [0.717, 1.165) is 0 Å². The van der Waals surface area contributed by atoms with Crippen LogP contribution in [0.15, 0.2) is 0 Å². The zero-order chi connectivity index (χ0) is 15.3. The van der Waals surface area contributed by atoms with Crippen LogP contribution in [0, 0.1) is 0 Å². The van der Waals surface area contributed by atoms with E-state index in [1.54, 1.807) is 77.0 Å². The Morgan fingerprint density at radius 1 is 0.524 bits per heavy atom. The highest BCUT2D eigenvalue weighted by molar-refractivity contribution is 7.60. The van der Waals surface area contributed by atoms with Crippen LogP contribution in [-0.2, 0) is 0 Å². The van der Waals surface area contributed by atoms with Crippen LogP contribution in [0.25, 0.3) is 0 Å². The minimum Gasteiger partial charge on any atom is -0.418 e. The predicted molar refractivity (Wildman–Crippen MR) is 83.9 cm³/mol. The van der Waals surface area contributed by atoms with Gasteiger partial charge in [0.25, 0.3) is 0 Å². The van der Waals surface area contributed by atoms with Crippen molar-refractivity contribution in [3.8, 4) is 0 Å². The summed E-state index contributed by atoms with van der Waals surface area (Å²) in [5.74, 6) is 0. The molecule has 3 fully saturated rings. The summed E-state index contributed by atoms with van der Waals surface area (Å²) in [6, 6.07) is 0. The Morgan fingerprint density at radius 3 is 0.905 bits per heavy atom. The summed E-state index contributed by atoms with van der Waals surface area (Å²) in [5.41, 5.74) is 3.63. The van der Waals surface area contributed by atoms with Gasteiger partial charge in [-0.2, -0.15) is 0 Å². The van der Waals surface area contributed by atoms with Gasteiger partial charge in [0, 0.05) is 0 Å². The first-order valence-electron chi connectivity index (χ1n) is 8.60. The minimum atomic E-state index is -6.00. The molecule has 3 aliphatic rings. The zero-order valence-electron chi connectivity index (χ0n) is 12.8. The van der Waals surface area contributed by atoms with Gasteiger partial charge in [0.05, 0.1) is 0 Å². The molecule has 6 heteroatoms. The third kappa shape index (κ3) is 6.08. The molecule has 0 radical (unpaired) electrons. The van der Waals surface area contributed by atoms with E-state index in [4.69, 9.17) is 0 Å². The van der Waals surface area contributed by atoms with Gasteiger partial charge in [0.15, 0.2) is 0 Å². The first-order chi connectivity index (χ1) is 9.95. The number of halogens is 4. The SMILES string of the molecule is C1CCC(P(C2CCCC2)C2CCCC2)C1.F[B-](F)(F)F. The highest BCUT2D eigenvalue weighted by atomic mass is 31.1. The maximum atomic E-state index is 9.75. The van der Waals surface area contributed by atoms with Crippen LogP contribution in [0.5, 0.6) is 0 Å². The van der Waals surface area contributed by atoms with Crippen LogP contribution in [0.3, 0.4) is 0 Å². The standard InChI is InChI=1S/C15H27P.BF4/c1-2-8-13(7-1)16(14-9-3-4-10-14)15-11-5-6-12-15;2-1(3,4)5/h13-15H,1-12H2;/q;-1. The Morgan fingerprint density at radius 2 is 0.714 bits per heavy atom. The molecular weight excluding hydrogens is 298 g/mol. The van der Waals surface area contributed by atoms with E-state index >= 15 is 0 Å². The topological polar surface area (TPSA) is 0 Å². The summed E-state index contributed by atoms with van der Waals surface area (Å²) in [6.07, 6.45) is 19.0. The van der Waals surface area contributed by atoms with Crippen LogP contribution in [0.2, 0.25) is 0 Å². The molecule has 0 aromatic rings. The van der Waals surface area contributed by atoms with E-state index in [9.17, 15) is 17.3 Å². The Labute approximate surface area is 127 Å². The van der Waals surface area contributed by atoms with E-state index < -0.39 is 7.25 Å². The third-order valence-corrected chi connectivity index (χ3v) is 9.32. The fraction of sp³-hybridized carbons (Fsp3) is 1.00. The number of rotatable bonds is 3. The molecule has 0 N–H and O–H groups in total. The van der Waals surface area contributed by atoms with E-state index in [0.29, 0.717) is 7.92 Å². The monoisotopic (exact) mass is 325 g/mol. The van der Waals surface area contributed by atoms with Crippen molar-refractivity contribution in [3.63, 3.8) is 0 Å². The average Bonchev–Trinajstić information content (AvgIpc) is 3.11. The van der Waals surface area contributed by atoms with Gasteiger partial charge < -0.3 is 17.3 Å². The van der Waals surface area contributed by atoms with Crippen LogP contribution >= 0.6 is 7.92 Å². The molecule has 0 atom stereocenters. The zero-order valence-corrected chi connectivity index (χ0v) is 13.6. The van der Waals surface area contributed by atoms with Gasteiger partial charge >= 0.3 is 7.25 Å². The number of hydrogen-bond acceptors (Lipinski definition) is 0. The summed E-state index contributed by atoms with van der Waals surface area (Å²) in [5, 5.41) is 0. The summed E-state index contributed by atoms with van der Waals surface area (Å²) >= 11 is 0. The Kier molecular flexibility index (Phi) is 6.84. The highest BCUT2D eigenvalue weighted by Gasteiger charge is 2.38. The predicted octanol–water partition coefficient (Wildman–Crippen LogP) is 6.60. The number of hydrogen-bond donors (Lipinski definition) is 0. The lowest BCUT2D eigenvalue weighted by Gasteiger charge is -2.35. The van der Waals surface area contributed by atoms with Gasteiger partial charge in [-0.05, 0) is 55.5 Å². The van der Waals surface area contributed by atoms with Crippen LogP contribution in [0.1, 0.15) is 77.0 Å². The quantitative estimate of drug-likeness (QED) is 0.312. The van der Waals surface area contributed by atoms with Gasteiger partial charge in [0.2, 0.25) is 0 Å². The normalized spacial score (nSPS) is 25.6. The molecule has 3 saturated carbocycles. The van der Waals surface area contributed by atoms with E-state index in [1.807, 2.05) is 0 Å². The molecule has 0 saturated heterocycles. The van der Waals surface area contributed by atoms with Crippen molar-refractivity contribution < 1.29 is 17.3 Å². The largest absolute Gasteiger partial charge is 0.673 e. The molecule has 21 heavy (non-hydrogen) atoms. The van der Waals surface area contributed by atoms with E-state index in [-0.39, 0.29) is 0 Å². The molecule has 3 aliphatic carbocycles. The summed E-state index contributed by atoms with van der Waals surface area (Å²) in [4.78, 5) is 0. The van der Waals surface area contributed by atoms with Crippen molar-refractivity contribution in [3.05, 3.63) is 0 Å². The molecule has 0 aromatic heterocycles. The van der Waals surface area contributed by atoms with Crippen molar-refractivity contribution in [2.24, 2.45) is 0 Å². The van der Waals surface area contributed by atoms with Gasteiger partial charge in [-0.3, -0.25) is 0 Å². The van der Waals surface area contributed by atoms with Crippen LogP contribution in [0.4, 0.5) is 17.3 Å². The Balaban J connectivity index is 0.000000282. The summed E-state index contributed by atoms with van der Waals surface area (Å²) < 4.78 is 39.0. The van der Waals surface area contributed by atoms with Gasteiger partial charge in [-0.25, -0.2) is 0 Å². The maximum absolute atomic E-state index is 9.75. The Bertz CT molecular complexity index is 248. The van der Waals surface area contributed by atoms with Gasteiger partial charge in [0.1, 0.15) is 0 Å². The summed E-state index contributed by atoms with van der Waals surface area (Å²) in [7, 11) is -5.56. The lowest BCUT2D eigenvalue weighted by Crippen LogP contribution is -2.18. The van der Waals surface area contributed by atoms with Crippen LogP contribution < -0.4 is 0 Å². The van der Waals surface area contributed by atoms with Crippen molar-refractivity contribution in [1.82, 2.24) is 0 Å². The molecule has 0 amide bonds.